The van der Waals surface area contributed by atoms with E-state index in [1.54, 1.807) is 0 Å². The van der Waals surface area contributed by atoms with Crippen LogP contribution in [0.5, 0.6) is 0 Å². The number of halogens is 1. The zero-order valence-corrected chi connectivity index (χ0v) is 16.8. The van der Waals surface area contributed by atoms with Gasteiger partial charge >= 0.3 is 0 Å². The number of amides is 1. The maximum Gasteiger partial charge on any atom is 0.222 e. The lowest BCUT2D eigenvalue weighted by Gasteiger charge is -2.30. The van der Waals surface area contributed by atoms with Crippen molar-refractivity contribution in [1.82, 2.24) is 14.9 Å². The van der Waals surface area contributed by atoms with Crippen molar-refractivity contribution in [2.75, 3.05) is 13.1 Å². The Bertz CT molecular complexity index is 1170. The van der Waals surface area contributed by atoms with Crippen LogP contribution in [0.3, 0.4) is 0 Å². The smallest absolute Gasteiger partial charge is 0.222 e. The van der Waals surface area contributed by atoms with Gasteiger partial charge in [0.25, 0.3) is 0 Å². The second kappa shape index (κ2) is 7.56. The Balaban J connectivity index is 1.19. The van der Waals surface area contributed by atoms with Gasteiger partial charge in [-0.05, 0) is 49.1 Å². The van der Waals surface area contributed by atoms with Crippen molar-refractivity contribution in [3.8, 4) is 0 Å². The molecule has 1 N–H and O–H groups in total. The molecular weight excluding hydrogens is 386 g/mol. The van der Waals surface area contributed by atoms with E-state index in [0.29, 0.717) is 11.4 Å². The molecule has 4 aromatic rings. The van der Waals surface area contributed by atoms with Crippen LogP contribution in [0.1, 0.15) is 36.6 Å². The van der Waals surface area contributed by atoms with Gasteiger partial charge in [0.05, 0.1) is 0 Å². The molecule has 148 valence electrons. The van der Waals surface area contributed by atoms with Crippen LogP contribution in [-0.4, -0.2) is 33.9 Å². The molecular formula is C23H22ClN3O2. The molecule has 0 atom stereocenters. The van der Waals surface area contributed by atoms with E-state index in [1.807, 2.05) is 41.4 Å². The van der Waals surface area contributed by atoms with E-state index in [-0.39, 0.29) is 11.8 Å². The van der Waals surface area contributed by atoms with Crippen molar-refractivity contribution in [3.63, 3.8) is 0 Å². The average molecular weight is 408 g/mol. The minimum atomic E-state index is 0.220. The summed E-state index contributed by atoms with van der Waals surface area (Å²) >= 11 is 6.04. The van der Waals surface area contributed by atoms with Crippen LogP contribution in [0, 0.1) is 0 Å². The number of rotatable bonds is 4. The highest BCUT2D eigenvalue weighted by atomic mass is 35.5. The topological polar surface area (TPSA) is 62.1 Å². The number of aromatic nitrogens is 2. The number of benzene rings is 2. The fourth-order valence-corrected chi connectivity index (χ4v) is 4.37. The van der Waals surface area contributed by atoms with Crippen LogP contribution in [0.25, 0.3) is 22.0 Å². The number of oxazole rings is 1. The second-order valence-electron chi connectivity index (χ2n) is 7.68. The number of aromatic amines is 1. The summed E-state index contributed by atoms with van der Waals surface area (Å²) in [4.78, 5) is 22.6. The first-order valence-electron chi connectivity index (χ1n) is 10.1. The Labute approximate surface area is 173 Å². The van der Waals surface area contributed by atoms with Gasteiger partial charge in [-0.3, -0.25) is 4.79 Å². The van der Waals surface area contributed by atoms with Gasteiger partial charge < -0.3 is 14.3 Å². The summed E-state index contributed by atoms with van der Waals surface area (Å²) < 4.78 is 5.92. The third-order valence-electron chi connectivity index (χ3n) is 5.85. The van der Waals surface area contributed by atoms with Gasteiger partial charge in [-0.1, -0.05) is 29.8 Å². The molecule has 1 aliphatic rings. The van der Waals surface area contributed by atoms with Crippen molar-refractivity contribution >= 4 is 39.5 Å². The first kappa shape index (κ1) is 18.3. The number of nitrogens with zero attached hydrogens (tertiary/aromatic N) is 2. The molecule has 2 aromatic heterocycles. The monoisotopic (exact) mass is 407 g/mol. The number of hydrogen-bond acceptors (Lipinski definition) is 3. The summed E-state index contributed by atoms with van der Waals surface area (Å²) in [5, 5.41) is 1.86. The number of fused-ring (bicyclic) bond motifs is 2. The Kier molecular flexibility index (Phi) is 4.76. The molecule has 0 aliphatic carbocycles. The van der Waals surface area contributed by atoms with Crippen LogP contribution >= 0.6 is 11.6 Å². The Morgan fingerprint density at radius 2 is 2.03 bits per heavy atom. The fourth-order valence-electron chi connectivity index (χ4n) is 4.21. The highest BCUT2D eigenvalue weighted by Gasteiger charge is 2.27. The maximum atomic E-state index is 12.7. The summed E-state index contributed by atoms with van der Waals surface area (Å²) in [6.45, 7) is 1.49. The molecule has 1 saturated heterocycles. The summed E-state index contributed by atoms with van der Waals surface area (Å²) in [5.41, 5.74) is 3.88. The number of piperidine rings is 1. The van der Waals surface area contributed by atoms with E-state index in [2.05, 4.69) is 22.1 Å². The van der Waals surface area contributed by atoms with Gasteiger partial charge in [0.1, 0.15) is 5.52 Å². The minimum absolute atomic E-state index is 0.220. The SMILES string of the molecule is O=C(CCc1c[nH]c2ccccc12)N1CCC(c2nc3cc(Cl)ccc3o2)CC1. The quantitative estimate of drug-likeness (QED) is 0.499. The van der Waals surface area contributed by atoms with Crippen molar-refractivity contribution in [2.45, 2.75) is 31.6 Å². The summed E-state index contributed by atoms with van der Waals surface area (Å²) in [5.74, 6) is 1.23. The van der Waals surface area contributed by atoms with Crippen LogP contribution in [0.4, 0.5) is 0 Å². The molecule has 29 heavy (non-hydrogen) atoms. The van der Waals surface area contributed by atoms with E-state index >= 15 is 0 Å². The third-order valence-corrected chi connectivity index (χ3v) is 6.08. The summed E-state index contributed by atoms with van der Waals surface area (Å²) in [7, 11) is 0. The standard InChI is InChI=1S/C23H22ClN3O2/c24-17-6-7-21-20(13-17)26-23(29-21)15-9-11-27(12-10-15)22(28)8-5-16-14-25-19-4-2-1-3-18(16)19/h1-4,6-7,13-15,25H,5,8-12H2. The third kappa shape index (κ3) is 3.62. The van der Waals surface area contributed by atoms with Gasteiger partial charge in [-0.25, -0.2) is 4.98 Å². The number of carbonyl (C=O) groups is 1. The molecule has 5 rings (SSSR count). The van der Waals surface area contributed by atoms with Crippen LogP contribution < -0.4 is 0 Å². The van der Waals surface area contributed by atoms with Gasteiger partial charge in [0, 0.05) is 47.6 Å². The van der Waals surface area contributed by atoms with Gasteiger partial charge in [0.2, 0.25) is 5.91 Å². The Morgan fingerprint density at radius 3 is 2.90 bits per heavy atom. The van der Waals surface area contributed by atoms with Gasteiger partial charge in [-0.2, -0.15) is 0 Å². The molecule has 1 fully saturated rings. The number of hydrogen-bond donors (Lipinski definition) is 1. The van der Waals surface area contributed by atoms with Crippen molar-refractivity contribution in [1.29, 1.82) is 0 Å². The van der Waals surface area contributed by atoms with E-state index in [9.17, 15) is 4.79 Å². The number of likely N-dealkylation sites (tertiary alicyclic amines) is 1. The van der Waals surface area contributed by atoms with E-state index in [0.717, 1.165) is 54.9 Å². The fraction of sp³-hybridized carbons (Fsp3) is 0.304. The number of nitrogens with one attached hydrogen (secondary N) is 1. The number of para-hydroxylation sites is 1. The first-order valence-corrected chi connectivity index (χ1v) is 10.4. The zero-order valence-electron chi connectivity index (χ0n) is 16.0. The summed E-state index contributed by atoms with van der Waals surface area (Å²) in [6, 6.07) is 13.7. The molecule has 0 spiro atoms. The lowest BCUT2D eigenvalue weighted by Crippen LogP contribution is -2.38. The van der Waals surface area contributed by atoms with Crippen molar-refractivity contribution in [2.24, 2.45) is 0 Å². The van der Waals surface area contributed by atoms with Crippen molar-refractivity contribution < 1.29 is 9.21 Å². The molecule has 5 nitrogen and oxygen atoms in total. The first-order chi connectivity index (χ1) is 14.2. The van der Waals surface area contributed by atoms with Gasteiger partial charge in [-0.15, -0.1) is 0 Å². The maximum absolute atomic E-state index is 12.7. The van der Waals surface area contributed by atoms with E-state index in [4.69, 9.17) is 16.0 Å². The number of carbonyl (C=O) groups excluding carboxylic acids is 1. The molecule has 1 aliphatic heterocycles. The number of aryl methyl sites for hydroxylation is 1. The van der Waals surface area contributed by atoms with Crippen LogP contribution in [-0.2, 0) is 11.2 Å². The predicted octanol–water partition coefficient (Wildman–Crippen LogP) is 5.30. The van der Waals surface area contributed by atoms with Crippen LogP contribution in [0.15, 0.2) is 53.1 Å². The molecule has 0 radical (unpaired) electrons. The molecule has 0 saturated carbocycles. The summed E-state index contributed by atoms with van der Waals surface area (Å²) in [6.07, 6.45) is 5.06. The molecule has 0 unspecified atom stereocenters. The second-order valence-corrected chi connectivity index (χ2v) is 8.12. The number of H-pyrrole nitrogens is 1. The molecule has 3 heterocycles. The van der Waals surface area contributed by atoms with Crippen LogP contribution in [0.2, 0.25) is 5.02 Å². The molecule has 1 amide bonds. The molecule has 0 bridgehead atoms. The van der Waals surface area contributed by atoms with E-state index < -0.39 is 0 Å². The average Bonchev–Trinajstić information content (AvgIpc) is 3.36. The Hall–Kier alpha value is -2.79. The molecule has 6 heteroatoms. The lowest BCUT2D eigenvalue weighted by atomic mass is 9.96. The molecule has 2 aromatic carbocycles. The lowest BCUT2D eigenvalue weighted by molar-refractivity contribution is -0.132. The Morgan fingerprint density at radius 1 is 1.21 bits per heavy atom. The zero-order chi connectivity index (χ0) is 19.8. The highest BCUT2D eigenvalue weighted by Crippen LogP contribution is 2.31. The largest absolute Gasteiger partial charge is 0.440 e. The predicted molar refractivity (Wildman–Crippen MR) is 114 cm³/mol. The minimum Gasteiger partial charge on any atom is -0.440 e. The van der Waals surface area contributed by atoms with Gasteiger partial charge in [0.15, 0.2) is 11.5 Å². The normalized spacial score (nSPS) is 15.4. The van der Waals surface area contributed by atoms with Crippen molar-refractivity contribution in [3.05, 3.63) is 65.1 Å². The van der Waals surface area contributed by atoms with E-state index in [1.165, 1.54) is 10.9 Å². The highest BCUT2D eigenvalue weighted by molar-refractivity contribution is 6.31.